The molecule has 4 aliphatic rings. The Balaban J connectivity index is 1.16. The Morgan fingerprint density at radius 3 is 1.92 bits per heavy atom. The van der Waals surface area contributed by atoms with Crippen LogP contribution in [0.5, 0.6) is 11.5 Å². The van der Waals surface area contributed by atoms with Gasteiger partial charge >= 0.3 is 47.6 Å². The molecule has 508 valence electrons. The van der Waals surface area contributed by atoms with E-state index in [0.717, 1.165) is 20.0 Å². The number of ether oxygens (including phenoxy) is 9. The summed E-state index contributed by atoms with van der Waals surface area (Å²) in [6.45, 7) is 7.08. The molecule has 1 saturated heterocycles. The van der Waals surface area contributed by atoms with Crippen molar-refractivity contribution in [2.45, 2.75) is 147 Å². The molecule has 0 spiro atoms. The number of carboxylic acids is 1. The standard InChI is InChI=1S/C68H73N5O23/c1-38-47(92-64(84)58(94-54(80)36-89-45-26-18-11-19-27-45)56(42-20-12-8-13-21-42)71-62(82)46(28-29-52(77)78)70-51(76)30-31-72-34-50(73(86)87)69-39(72)2)33-68(85)61(95-63(83)43-22-14-9-15-23-43)59-66(7,60(81)57(91-40(3)74)55(38)65(68,5)6)48(32-49-67(59,37-90-49)96-41(4)75)93-53(79)35-88-44-24-16-10-17-25-44/h8-27,34,46-49,56-59,61,85H,28-33,35-37H2,1-7H3,(H,70,76)(H,71,82)(H,77,78)/t46-,47+,48+,49-,56+,57-,58-,59+,61+,66-,67+,68-/m1/s1. The third-order valence-corrected chi connectivity index (χ3v) is 18.2. The summed E-state index contributed by atoms with van der Waals surface area (Å²) >= 11 is 0. The van der Waals surface area contributed by atoms with E-state index in [-0.39, 0.29) is 52.6 Å². The maximum absolute atomic E-state index is 16.6. The number of aliphatic carboxylic acids is 1. The molecule has 4 N–H and O–H groups in total. The largest absolute Gasteiger partial charge is 0.482 e. The number of esters is 6. The van der Waals surface area contributed by atoms with E-state index in [1.165, 1.54) is 99.8 Å². The molecule has 96 heavy (non-hydrogen) atoms. The van der Waals surface area contributed by atoms with Crippen LogP contribution in [0.4, 0.5) is 5.82 Å². The molecule has 4 aromatic carbocycles. The van der Waals surface area contributed by atoms with Gasteiger partial charge in [-0.3, -0.25) is 28.8 Å². The summed E-state index contributed by atoms with van der Waals surface area (Å²) in [5.41, 5.74) is -9.18. The van der Waals surface area contributed by atoms with Crippen LogP contribution in [-0.4, -0.2) is 158 Å². The summed E-state index contributed by atoms with van der Waals surface area (Å²) in [6, 6.07) is 27.7. The second kappa shape index (κ2) is 29.1. The summed E-state index contributed by atoms with van der Waals surface area (Å²) in [4.78, 5) is 158. The van der Waals surface area contributed by atoms with Crippen LogP contribution in [0.25, 0.3) is 0 Å². The third-order valence-electron chi connectivity index (χ3n) is 18.2. The first-order valence-electron chi connectivity index (χ1n) is 30.8. The molecule has 2 bridgehead atoms. The van der Waals surface area contributed by atoms with Gasteiger partial charge in [0.05, 0.1) is 23.5 Å². The fourth-order valence-corrected chi connectivity index (χ4v) is 13.4. The molecule has 0 radical (unpaired) electrons. The van der Waals surface area contributed by atoms with Crippen molar-refractivity contribution in [2.75, 3.05) is 19.8 Å². The van der Waals surface area contributed by atoms with Crippen molar-refractivity contribution in [3.8, 4) is 11.5 Å². The number of fused-ring (bicyclic) bond motifs is 5. The topological polar surface area (TPSA) is 379 Å². The Morgan fingerprint density at radius 2 is 1.36 bits per heavy atom. The number of hydrogen-bond acceptors (Lipinski definition) is 23. The van der Waals surface area contributed by atoms with E-state index in [1.807, 2.05) is 0 Å². The minimum Gasteiger partial charge on any atom is -0.482 e. The van der Waals surface area contributed by atoms with E-state index in [0.29, 0.717) is 0 Å². The van der Waals surface area contributed by atoms with E-state index < -0.39 is 192 Å². The lowest BCUT2D eigenvalue weighted by atomic mass is 9.44. The fraction of sp³-hybridized carbons (Fsp3) is 0.426. The van der Waals surface area contributed by atoms with Crippen LogP contribution in [0.2, 0.25) is 0 Å². The Morgan fingerprint density at radius 1 is 0.771 bits per heavy atom. The number of imidazole rings is 1. The number of nitrogens with zero attached hydrogens (tertiary/aromatic N) is 3. The molecule has 1 aliphatic heterocycles. The molecule has 28 nitrogen and oxygen atoms in total. The molecule has 12 atom stereocenters. The van der Waals surface area contributed by atoms with Crippen molar-refractivity contribution in [2.24, 2.45) is 16.7 Å². The van der Waals surface area contributed by atoms with Crippen LogP contribution in [0.3, 0.4) is 0 Å². The fourth-order valence-electron chi connectivity index (χ4n) is 13.4. The predicted octanol–water partition coefficient (Wildman–Crippen LogP) is 5.53. The van der Waals surface area contributed by atoms with Crippen LogP contribution in [0.1, 0.15) is 101 Å². The normalized spacial score (nSPS) is 24.7. The van der Waals surface area contributed by atoms with Gasteiger partial charge in [0.25, 0.3) is 0 Å². The molecular weight excluding hydrogens is 1250 g/mol. The van der Waals surface area contributed by atoms with E-state index in [9.17, 15) is 58.7 Å². The number of nitro groups is 1. The number of aromatic nitrogens is 2. The highest BCUT2D eigenvalue weighted by atomic mass is 16.6. The second-order valence-corrected chi connectivity index (χ2v) is 24.6. The number of aryl methyl sites for hydroxylation is 2. The highest BCUT2D eigenvalue weighted by Crippen LogP contribution is 2.65. The number of nitrogens with one attached hydrogen (secondary N) is 2. The smallest absolute Gasteiger partial charge is 0.381 e. The Kier molecular flexibility index (Phi) is 21.2. The van der Waals surface area contributed by atoms with Gasteiger partial charge in [0.15, 0.2) is 30.7 Å². The number of amides is 2. The van der Waals surface area contributed by atoms with E-state index in [1.54, 1.807) is 60.7 Å². The molecule has 5 aromatic rings. The van der Waals surface area contributed by atoms with Crippen molar-refractivity contribution in [1.82, 2.24) is 20.2 Å². The van der Waals surface area contributed by atoms with Gasteiger partial charge in [0, 0.05) is 58.4 Å². The number of aliphatic hydroxyl groups is 1. The minimum atomic E-state index is -2.69. The average molecular weight is 1330 g/mol. The molecule has 2 amide bonds. The summed E-state index contributed by atoms with van der Waals surface area (Å²) in [7, 11) is 0. The van der Waals surface area contributed by atoms with Gasteiger partial charge in [-0.2, -0.15) is 0 Å². The van der Waals surface area contributed by atoms with Gasteiger partial charge in [0.2, 0.25) is 23.7 Å². The summed E-state index contributed by atoms with van der Waals surface area (Å²) in [5, 5.41) is 40.9. The van der Waals surface area contributed by atoms with Crippen molar-refractivity contribution in [1.29, 1.82) is 0 Å². The van der Waals surface area contributed by atoms with Gasteiger partial charge in [-0.25, -0.2) is 19.2 Å². The Hall–Kier alpha value is -10.4. The summed E-state index contributed by atoms with van der Waals surface area (Å²) in [5.74, 6) is -12.6. The molecular formula is C68H73N5O23. The molecule has 1 aromatic heterocycles. The monoisotopic (exact) mass is 1330 g/mol. The first-order valence-corrected chi connectivity index (χ1v) is 30.8. The van der Waals surface area contributed by atoms with Crippen LogP contribution in [0, 0.1) is 33.8 Å². The molecule has 3 fully saturated rings. The van der Waals surface area contributed by atoms with Crippen LogP contribution in [-0.2, 0) is 82.9 Å². The lowest BCUT2D eigenvalue weighted by molar-refractivity contribution is -0.389. The van der Waals surface area contributed by atoms with Gasteiger partial charge in [-0.1, -0.05) is 98.8 Å². The molecule has 2 saturated carbocycles. The summed E-state index contributed by atoms with van der Waals surface area (Å²) < 4.78 is 56.6. The first-order chi connectivity index (χ1) is 45.6. The number of carbonyl (C=O) groups is 10. The van der Waals surface area contributed by atoms with Gasteiger partial charge < -0.3 is 78.2 Å². The van der Waals surface area contributed by atoms with Crippen molar-refractivity contribution < 1.29 is 106 Å². The van der Waals surface area contributed by atoms with E-state index in [4.69, 9.17) is 42.6 Å². The number of rotatable bonds is 26. The Labute approximate surface area is 550 Å². The summed E-state index contributed by atoms with van der Waals surface area (Å²) in [6.07, 6.45) is -12.8. The van der Waals surface area contributed by atoms with Gasteiger partial charge in [-0.05, 0) is 83.3 Å². The van der Waals surface area contributed by atoms with Crippen LogP contribution < -0.4 is 20.1 Å². The van der Waals surface area contributed by atoms with Gasteiger partial charge in [-0.15, -0.1) is 0 Å². The van der Waals surface area contributed by atoms with Crippen molar-refractivity contribution in [3.63, 3.8) is 0 Å². The zero-order chi connectivity index (χ0) is 69.4. The minimum absolute atomic E-state index is 0.0392. The molecule has 9 rings (SSSR count). The van der Waals surface area contributed by atoms with E-state index in [2.05, 4.69) is 15.6 Å². The number of ketones is 1. The maximum atomic E-state index is 16.6. The van der Waals surface area contributed by atoms with Crippen molar-refractivity contribution in [3.05, 3.63) is 166 Å². The lowest BCUT2D eigenvalue weighted by Crippen LogP contribution is -2.82. The number of hydrogen-bond donors (Lipinski definition) is 4. The second-order valence-electron chi connectivity index (χ2n) is 24.6. The maximum Gasteiger partial charge on any atom is 0.381 e. The molecule has 28 heteroatoms. The highest BCUT2D eigenvalue weighted by Gasteiger charge is 2.79. The quantitative estimate of drug-likeness (QED) is 0.0174. The predicted molar refractivity (Wildman–Crippen MR) is 331 cm³/mol. The SMILES string of the molecule is CC(=O)O[C@H]1C(=O)[C@]2(C)[C@@H](OC(=O)COc3ccccc3)C[C@H]3OC[C@@]3(OC(C)=O)[C@H]2[C@H](OC(=O)c2ccccc2)[C@]2(O)C[C@H](OC(=O)[C@H](OC(=O)COc3ccccc3)[C@@H](NC(=O)[C@@H](CCC(=O)O)NC(=O)CCn3cc([N+](=O)[O-])nc3C)c3ccccc3)C(C)=C1C2(C)C. The number of para-hydroxylation sites is 2. The number of carboxylic acid groups (broad SMARTS) is 1. The first kappa shape index (κ1) is 70.0. The number of carbonyl (C=O) groups excluding carboxylic acids is 9. The zero-order valence-corrected chi connectivity index (χ0v) is 53.5. The molecule has 0 unspecified atom stereocenters. The van der Waals surface area contributed by atoms with Crippen molar-refractivity contribution >= 4 is 65.2 Å². The highest BCUT2D eigenvalue weighted by molar-refractivity contribution is 5.96. The Bertz CT molecular complexity index is 3810. The lowest BCUT2D eigenvalue weighted by Gasteiger charge is -2.67. The molecule has 2 heterocycles. The van der Waals surface area contributed by atoms with Crippen LogP contribution >= 0.6 is 0 Å². The third kappa shape index (κ3) is 14.8. The van der Waals surface area contributed by atoms with Gasteiger partial charge in [0.1, 0.15) is 59.8 Å². The zero-order valence-electron chi connectivity index (χ0n) is 53.5. The number of Topliss-reactive ketones (excluding diaryl/α,β-unsaturated/α-hetero) is 1. The van der Waals surface area contributed by atoms with E-state index >= 15 is 9.59 Å². The molecule has 3 aliphatic carbocycles. The average Bonchev–Trinajstić information content (AvgIpc) is 1.27. The number of benzene rings is 4. The van der Waals surface area contributed by atoms with Crippen LogP contribution in [0.15, 0.2) is 139 Å².